The fourth-order valence-corrected chi connectivity index (χ4v) is 3.43. The molecular formula is C21H14Cl2N4O3S. The topological polar surface area (TPSA) is 102 Å². The largest absolute Gasteiger partial charge is 0.321 e. The fourth-order valence-electron chi connectivity index (χ4n) is 2.83. The van der Waals surface area contributed by atoms with Crippen molar-refractivity contribution in [3.8, 4) is 6.07 Å². The second-order valence-corrected chi connectivity index (χ2v) is 7.71. The summed E-state index contributed by atoms with van der Waals surface area (Å²) in [6.07, 6.45) is 1.01. The first-order valence-electron chi connectivity index (χ1n) is 8.85. The molecule has 1 aliphatic rings. The van der Waals surface area contributed by atoms with Gasteiger partial charge >= 0.3 is 0 Å². The lowest BCUT2D eigenvalue weighted by atomic mass is 10.0. The molecule has 0 saturated carbocycles. The van der Waals surface area contributed by atoms with E-state index in [0.29, 0.717) is 27.0 Å². The molecule has 10 heteroatoms. The highest BCUT2D eigenvalue weighted by atomic mass is 35.5. The summed E-state index contributed by atoms with van der Waals surface area (Å²) in [5, 5.41) is 15.2. The third-order valence-corrected chi connectivity index (χ3v) is 5.45. The summed E-state index contributed by atoms with van der Waals surface area (Å²) in [7, 11) is 0. The van der Waals surface area contributed by atoms with Crippen molar-refractivity contribution in [3.63, 3.8) is 0 Å². The lowest BCUT2D eigenvalue weighted by molar-refractivity contribution is -0.131. The van der Waals surface area contributed by atoms with E-state index in [4.69, 9.17) is 35.4 Å². The van der Waals surface area contributed by atoms with E-state index in [-0.39, 0.29) is 5.11 Å². The molecule has 1 atom stereocenters. The Kier molecular flexibility index (Phi) is 6.71. The van der Waals surface area contributed by atoms with Crippen LogP contribution in [0.5, 0.6) is 0 Å². The first-order valence-corrected chi connectivity index (χ1v) is 10.0. The van der Waals surface area contributed by atoms with E-state index in [9.17, 15) is 19.6 Å². The first kappa shape index (κ1) is 22.4. The Bertz CT molecular complexity index is 1170. The fraction of sp³-hybridized carbons (Fsp3) is 0.0952. The standard InChI is InChI=1S/C21H14Cl2N4O3S/c1-11-16(23)3-2-4-17(11)25-18(28)12(10-24)9-15-19(29)26-21(31)27(20(15)30)14-7-5-13(22)6-8-14/h2-9,15H,1H3,(H,25,28)(H,26,29,31)/b12-9+/t15-/m0/s1. The van der Waals surface area contributed by atoms with Gasteiger partial charge in [0.25, 0.3) is 5.91 Å². The van der Waals surface area contributed by atoms with Gasteiger partial charge in [-0.2, -0.15) is 5.26 Å². The molecule has 3 rings (SSSR count). The van der Waals surface area contributed by atoms with Crippen molar-refractivity contribution in [1.29, 1.82) is 5.26 Å². The van der Waals surface area contributed by atoms with Crippen molar-refractivity contribution in [2.45, 2.75) is 6.92 Å². The Morgan fingerprint density at radius 1 is 1.23 bits per heavy atom. The van der Waals surface area contributed by atoms with Crippen LogP contribution in [-0.4, -0.2) is 22.8 Å². The smallest absolute Gasteiger partial charge is 0.266 e. The number of nitrogens with one attached hydrogen (secondary N) is 2. The summed E-state index contributed by atoms with van der Waals surface area (Å²) in [5.41, 5.74) is 0.995. The molecule has 0 aromatic heterocycles. The summed E-state index contributed by atoms with van der Waals surface area (Å²) in [5.74, 6) is -3.64. The number of benzene rings is 2. The number of nitrogens with zero attached hydrogens (tertiary/aromatic N) is 2. The summed E-state index contributed by atoms with van der Waals surface area (Å²) >= 11 is 17.0. The Morgan fingerprint density at radius 2 is 1.90 bits per heavy atom. The molecule has 0 aliphatic carbocycles. The molecule has 2 N–H and O–H groups in total. The quantitative estimate of drug-likeness (QED) is 0.305. The minimum absolute atomic E-state index is 0.112. The van der Waals surface area contributed by atoms with E-state index in [1.165, 1.54) is 0 Å². The maximum Gasteiger partial charge on any atom is 0.266 e. The van der Waals surface area contributed by atoms with Crippen LogP contribution in [0.2, 0.25) is 10.0 Å². The highest BCUT2D eigenvalue weighted by Gasteiger charge is 2.38. The molecule has 1 fully saturated rings. The van der Waals surface area contributed by atoms with Crippen LogP contribution in [0.4, 0.5) is 11.4 Å². The molecule has 3 amide bonds. The molecule has 1 aliphatic heterocycles. The van der Waals surface area contributed by atoms with Crippen molar-refractivity contribution < 1.29 is 14.4 Å². The molecule has 156 valence electrons. The molecule has 0 unspecified atom stereocenters. The van der Waals surface area contributed by atoms with Gasteiger partial charge in [-0.1, -0.05) is 29.3 Å². The first-order chi connectivity index (χ1) is 14.7. The van der Waals surface area contributed by atoms with Gasteiger partial charge in [0.05, 0.1) is 5.69 Å². The monoisotopic (exact) mass is 472 g/mol. The maximum atomic E-state index is 13.0. The minimum atomic E-state index is -1.43. The molecule has 2 aromatic rings. The van der Waals surface area contributed by atoms with Crippen molar-refractivity contribution in [3.05, 3.63) is 69.7 Å². The van der Waals surface area contributed by atoms with E-state index >= 15 is 0 Å². The summed E-state index contributed by atoms with van der Waals surface area (Å²) in [6, 6.07) is 12.9. The number of rotatable bonds is 4. The van der Waals surface area contributed by atoms with Crippen LogP contribution >= 0.6 is 35.4 Å². The average molecular weight is 473 g/mol. The van der Waals surface area contributed by atoms with E-state index < -0.39 is 29.2 Å². The van der Waals surface area contributed by atoms with E-state index in [1.807, 2.05) is 0 Å². The molecule has 0 radical (unpaired) electrons. The van der Waals surface area contributed by atoms with Gasteiger partial charge in [-0.15, -0.1) is 0 Å². The number of carbonyl (C=O) groups excluding carboxylic acids is 3. The van der Waals surface area contributed by atoms with Crippen LogP contribution in [0.1, 0.15) is 5.56 Å². The van der Waals surface area contributed by atoms with Gasteiger partial charge in [-0.3, -0.25) is 19.3 Å². The van der Waals surface area contributed by atoms with Gasteiger partial charge in [0, 0.05) is 15.7 Å². The van der Waals surface area contributed by atoms with Gasteiger partial charge in [0.1, 0.15) is 17.6 Å². The van der Waals surface area contributed by atoms with E-state index in [0.717, 1.165) is 11.0 Å². The number of hydrogen-bond acceptors (Lipinski definition) is 5. The van der Waals surface area contributed by atoms with Gasteiger partial charge in [-0.05, 0) is 67.2 Å². The van der Waals surface area contributed by atoms with Crippen LogP contribution in [0, 0.1) is 24.2 Å². The zero-order valence-corrected chi connectivity index (χ0v) is 18.3. The third-order valence-electron chi connectivity index (χ3n) is 4.50. The lowest BCUT2D eigenvalue weighted by Crippen LogP contribution is -2.57. The highest BCUT2D eigenvalue weighted by molar-refractivity contribution is 7.80. The number of nitriles is 1. The van der Waals surface area contributed by atoms with E-state index in [2.05, 4.69) is 10.6 Å². The Balaban J connectivity index is 1.90. The predicted octanol–water partition coefficient (Wildman–Crippen LogP) is 3.75. The zero-order valence-electron chi connectivity index (χ0n) is 16.0. The second-order valence-electron chi connectivity index (χ2n) is 6.48. The molecule has 31 heavy (non-hydrogen) atoms. The third kappa shape index (κ3) is 4.75. The van der Waals surface area contributed by atoms with Gasteiger partial charge in [0.2, 0.25) is 11.8 Å². The Morgan fingerprint density at radius 3 is 2.55 bits per heavy atom. The molecule has 0 spiro atoms. The molecule has 2 aromatic carbocycles. The normalized spacial score (nSPS) is 16.6. The summed E-state index contributed by atoms with van der Waals surface area (Å²) in [6.45, 7) is 1.71. The Hall–Kier alpha value is -3.25. The van der Waals surface area contributed by atoms with Crippen LogP contribution in [0.3, 0.4) is 0 Å². The number of carbonyl (C=O) groups is 3. The van der Waals surface area contributed by atoms with Crippen molar-refractivity contribution in [1.82, 2.24) is 5.32 Å². The summed E-state index contributed by atoms with van der Waals surface area (Å²) in [4.78, 5) is 39.1. The number of hydrogen-bond donors (Lipinski definition) is 2. The van der Waals surface area contributed by atoms with Crippen LogP contribution < -0.4 is 15.5 Å². The second kappa shape index (κ2) is 9.27. The van der Waals surface area contributed by atoms with Gasteiger partial charge in [0.15, 0.2) is 5.11 Å². The van der Waals surface area contributed by atoms with Gasteiger partial charge in [-0.25, -0.2) is 0 Å². The van der Waals surface area contributed by atoms with Gasteiger partial charge < -0.3 is 10.6 Å². The van der Waals surface area contributed by atoms with Crippen molar-refractivity contribution in [2.75, 3.05) is 10.2 Å². The molecule has 1 saturated heterocycles. The van der Waals surface area contributed by atoms with Crippen LogP contribution in [-0.2, 0) is 14.4 Å². The molecule has 1 heterocycles. The van der Waals surface area contributed by atoms with Crippen molar-refractivity contribution in [2.24, 2.45) is 5.92 Å². The van der Waals surface area contributed by atoms with Crippen molar-refractivity contribution >= 4 is 69.6 Å². The molecule has 7 nitrogen and oxygen atoms in total. The number of thiocarbonyl (C=S) groups is 1. The zero-order chi connectivity index (χ0) is 22.7. The maximum absolute atomic E-state index is 13.0. The van der Waals surface area contributed by atoms with E-state index in [1.54, 1.807) is 55.5 Å². The number of anilines is 2. The lowest BCUT2D eigenvalue weighted by Gasteiger charge is -2.31. The van der Waals surface area contributed by atoms with Crippen LogP contribution in [0.25, 0.3) is 0 Å². The minimum Gasteiger partial charge on any atom is -0.321 e. The molecule has 0 bridgehead atoms. The summed E-state index contributed by atoms with van der Waals surface area (Å²) < 4.78 is 0. The highest BCUT2D eigenvalue weighted by Crippen LogP contribution is 2.25. The average Bonchev–Trinajstić information content (AvgIpc) is 2.72. The van der Waals surface area contributed by atoms with Crippen LogP contribution in [0.15, 0.2) is 54.1 Å². The number of amides is 3. The predicted molar refractivity (Wildman–Crippen MR) is 122 cm³/mol. The number of halogens is 2. The SMILES string of the molecule is Cc1c(Cl)cccc1NC(=O)/C(C#N)=C/[C@H]1C(=O)NC(=S)N(c2ccc(Cl)cc2)C1=O. The molecular weight excluding hydrogens is 459 g/mol. The Labute approximate surface area is 193 Å².